The van der Waals surface area contributed by atoms with Crippen LogP contribution in [-0.4, -0.2) is 70.9 Å². The number of carbonyl (C=O) groups excluding carboxylic acids is 2. The highest BCUT2D eigenvalue weighted by Crippen LogP contribution is 2.36. The first-order valence-corrected chi connectivity index (χ1v) is 14.3. The normalized spacial score (nSPS) is 22.4. The topological polar surface area (TPSA) is 90.5 Å². The Labute approximate surface area is 232 Å². The summed E-state index contributed by atoms with van der Waals surface area (Å²) in [6, 6.07) is 6.66. The van der Waals surface area contributed by atoms with Gasteiger partial charge in [-0.1, -0.05) is 19.3 Å². The zero-order valence-electron chi connectivity index (χ0n) is 22.8. The number of benzene rings is 1. The maximum absolute atomic E-state index is 13.9. The lowest BCUT2D eigenvalue weighted by molar-refractivity contribution is -0.139. The molecule has 0 unspecified atom stereocenters. The van der Waals surface area contributed by atoms with Crippen molar-refractivity contribution in [1.82, 2.24) is 25.1 Å². The number of hydrogen-bond acceptors (Lipinski definition) is 6. The SMILES string of the molecule is CN1CCN(C(=O)c2ccc(Nc3ncc(C(F)(F)F)c(C[C@@H]4CCCC[C@@H]4NC(=O)C4CCC4)n3)cc2)CC1. The molecule has 1 aromatic carbocycles. The minimum Gasteiger partial charge on any atom is -0.353 e. The Morgan fingerprint density at radius 2 is 1.68 bits per heavy atom. The van der Waals surface area contributed by atoms with E-state index < -0.39 is 11.7 Å². The summed E-state index contributed by atoms with van der Waals surface area (Å²) < 4.78 is 41.7. The van der Waals surface area contributed by atoms with Crippen molar-refractivity contribution in [3.63, 3.8) is 0 Å². The van der Waals surface area contributed by atoms with Crippen molar-refractivity contribution in [3.05, 3.63) is 47.3 Å². The summed E-state index contributed by atoms with van der Waals surface area (Å²) in [5, 5.41) is 6.13. The van der Waals surface area contributed by atoms with Crippen LogP contribution in [0.1, 0.15) is 66.6 Å². The Morgan fingerprint density at radius 1 is 0.975 bits per heavy atom. The standard InChI is InChI=1S/C29H37F3N6O2/c1-37-13-15-38(16-14-37)27(40)20-9-11-22(12-10-20)34-28-33-18-23(29(30,31)32)25(36-28)17-21-5-2-3-8-24(21)35-26(39)19-6-4-7-19/h9-12,18-19,21,24H,2-8,13-17H2,1H3,(H,35,39)(H,33,34,36)/t21-,24-/m0/s1. The average molecular weight is 559 g/mol. The molecule has 0 bridgehead atoms. The molecule has 2 atom stereocenters. The van der Waals surface area contributed by atoms with Gasteiger partial charge in [-0.25, -0.2) is 9.97 Å². The fourth-order valence-corrected chi connectivity index (χ4v) is 5.75. The van der Waals surface area contributed by atoms with E-state index in [1.165, 1.54) is 0 Å². The van der Waals surface area contributed by atoms with Crippen LogP contribution in [0.4, 0.5) is 24.8 Å². The van der Waals surface area contributed by atoms with Crippen molar-refractivity contribution in [2.24, 2.45) is 11.8 Å². The molecule has 11 heteroatoms. The molecule has 2 aromatic rings. The Hall–Kier alpha value is -3.21. The van der Waals surface area contributed by atoms with E-state index >= 15 is 0 Å². The first kappa shape index (κ1) is 28.3. The predicted octanol–water partition coefficient (Wildman–Crippen LogP) is 4.64. The molecule has 40 heavy (non-hydrogen) atoms. The van der Waals surface area contributed by atoms with Gasteiger partial charge in [0.15, 0.2) is 0 Å². The van der Waals surface area contributed by atoms with E-state index in [0.717, 1.165) is 64.2 Å². The van der Waals surface area contributed by atoms with Crippen molar-refractivity contribution in [3.8, 4) is 0 Å². The van der Waals surface area contributed by atoms with Crippen molar-refractivity contribution in [2.75, 3.05) is 38.5 Å². The van der Waals surface area contributed by atoms with Gasteiger partial charge in [-0.05, 0) is 69.3 Å². The Kier molecular flexibility index (Phi) is 8.58. The highest BCUT2D eigenvalue weighted by molar-refractivity contribution is 5.94. The average Bonchev–Trinajstić information content (AvgIpc) is 2.89. The maximum atomic E-state index is 13.9. The number of halogens is 3. The van der Waals surface area contributed by atoms with Crippen molar-refractivity contribution < 1.29 is 22.8 Å². The smallest absolute Gasteiger partial charge is 0.353 e. The van der Waals surface area contributed by atoms with E-state index in [1.807, 2.05) is 11.9 Å². The lowest BCUT2D eigenvalue weighted by Crippen LogP contribution is -2.47. The zero-order valence-corrected chi connectivity index (χ0v) is 22.8. The number of carbonyl (C=O) groups is 2. The van der Waals surface area contributed by atoms with Crippen LogP contribution in [0.15, 0.2) is 30.5 Å². The van der Waals surface area contributed by atoms with Gasteiger partial charge < -0.3 is 20.4 Å². The number of amides is 2. The maximum Gasteiger partial charge on any atom is 0.419 e. The van der Waals surface area contributed by atoms with Crippen LogP contribution in [0.2, 0.25) is 0 Å². The van der Waals surface area contributed by atoms with Gasteiger partial charge in [0, 0.05) is 55.6 Å². The van der Waals surface area contributed by atoms with E-state index in [4.69, 9.17) is 0 Å². The predicted molar refractivity (Wildman–Crippen MR) is 145 cm³/mol. The molecule has 216 valence electrons. The summed E-state index contributed by atoms with van der Waals surface area (Å²) in [7, 11) is 2.03. The summed E-state index contributed by atoms with van der Waals surface area (Å²) in [5.41, 5.74) is 0.211. The Bertz CT molecular complexity index is 1190. The van der Waals surface area contributed by atoms with Crippen molar-refractivity contribution >= 4 is 23.5 Å². The molecular formula is C29H37F3N6O2. The van der Waals surface area contributed by atoms with E-state index in [-0.39, 0.29) is 47.8 Å². The molecular weight excluding hydrogens is 521 g/mol. The molecule has 8 nitrogen and oxygen atoms in total. The van der Waals surface area contributed by atoms with Crippen molar-refractivity contribution in [1.29, 1.82) is 0 Å². The van der Waals surface area contributed by atoms with Crippen LogP contribution in [0.25, 0.3) is 0 Å². The molecule has 3 fully saturated rings. The van der Waals surface area contributed by atoms with Gasteiger partial charge in [-0.3, -0.25) is 9.59 Å². The van der Waals surface area contributed by atoms with E-state index in [1.54, 1.807) is 24.3 Å². The van der Waals surface area contributed by atoms with Crippen LogP contribution in [-0.2, 0) is 17.4 Å². The second-order valence-corrected chi connectivity index (χ2v) is 11.3. The van der Waals surface area contributed by atoms with Gasteiger partial charge in [0.05, 0.1) is 11.3 Å². The number of piperazine rings is 1. The fraction of sp³-hybridized carbons (Fsp3) is 0.586. The molecule has 3 aliphatic rings. The second-order valence-electron chi connectivity index (χ2n) is 11.3. The molecule has 0 radical (unpaired) electrons. The molecule has 0 spiro atoms. The first-order chi connectivity index (χ1) is 19.2. The molecule has 1 saturated heterocycles. The molecule has 2 amide bonds. The van der Waals surface area contributed by atoms with Crippen LogP contribution in [0.3, 0.4) is 0 Å². The fourth-order valence-electron chi connectivity index (χ4n) is 5.75. The third kappa shape index (κ3) is 6.74. The number of alkyl halides is 3. The van der Waals surface area contributed by atoms with Crippen LogP contribution < -0.4 is 10.6 Å². The van der Waals surface area contributed by atoms with E-state index in [0.29, 0.717) is 24.3 Å². The third-order valence-corrected chi connectivity index (χ3v) is 8.52. The summed E-state index contributed by atoms with van der Waals surface area (Å²) in [5.74, 6) is -0.0437. The number of hydrogen-bond donors (Lipinski definition) is 2. The van der Waals surface area contributed by atoms with Gasteiger partial charge in [0.2, 0.25) is 11.9 Å². The zero-order chi connectivity index (χ0) is 28.3. The largest absolute Gasteiger partial charge is 0.419 e. The number of rotatable bonds is 7. The number of nitrogens with one attached hydrogen (secondary N) is 2. The lowest BCUT2D eigenvalue weighted by atomic mass is 9.79. The van der Waals surface area contributed by atoms with Crippen molar-refractivity contribution in [2.45, 2.75) is 63.6 Å². The Balaban J connectivity index is 1.29. The molecule has 1 aliphatic heterocycles. The lowest BCUT2D eigenvalue weighted by Gasteiger charge is -2.35. The van der Waals surface area contributed by atoms with Gasteiger partial charge in [0.25, 0.3) is 5.91 Å². The summed E-state index contributed by atoms with van der Waals surface area (Å²) in [6.45, 7) is 2.99. The molecule has 2 aliphatic carbocycles. The minimum atomic E-state index is -4.58. The third-order valence-electron chi connectivity index (χ3n) is 8.52. The van der Waals surface area contributed by atoms with Crippen LogP contribution in [0.5, 0.6) is 0 Å². The first-order valence-electron chi connectivity index (χ1n) is 14.3. The number of aromatic nitrogens is 2. The molecule has 1 aromatic heterocycles. The second kappa shape index (κ2) is 12.1. The summed E-state index contributed by atoms with van der Waals surface area (Å²) >= 11 is 0. The van der Waals surface area contributed by atoms with Gasteiger partial charge in [-0.2, -0.15) is 13.2 Å². The number of likely N-dealkylation sites (N-methyl/N-ethyl adjacent to an activating group) is 1. The van der Waals surface area contributed by atoms with Crippen LogP contribution in [0, 0.1) is 11.8 Å². The quantitative estimate of drug-likeness (QED) is 0.515. The highest BCUT2D eigenvalue weighted by Gasteiger charge is 2.37. The molecule has 2 saturated carbocycles. The highest BCUT2D eigenvalue weighted by atomic mass is 19.4. The molecule has 2 heterocycles. The minimum absolute atomic E-state index is 0.0267. The molecule has 2 N–H and O–H groups in total. The number of nitrogens with zero attached hydrogens (tertiary/aromatic N) is 4. The van der Waals surface area contributed by atoms with Gasteiger partial charge >= 0.3 is 6.18 Å². The van der Waals surface area contributed by atoms with E-state index in [2.05, 4.69) is 25.5 Å². The van der Waals surface area contributed by atoms with Crippen LogP contribution >= 0.6 is 0 Å². The Morgan fingerprint density at radius 3 is 2.33 bits per heavy atom. The monoisotopic (exact) mass is 558 g/mol. The molecule has 5 rings (SSSR count). The summed E-state index contributed by atoms with van der Waals surface area (Å²) in [6.07, 6.45) is 2.54. The van der Waals surface area contributed by atoms with Gasteiger partial charge in [0.1, 0.15) is 0 Å². The van der Waals surface area contributed by atoms with Gasteiger partial charge in [-0.15, -0.1) is 0 Å². The van der Waals surface area contributed by atoms with E-state index in [9.17, 15) is 22.8 Å². The number of anilines is 2. The summed E-state index contributed by atoms with van der Waals surface area (Å²) in [4.78, 5) is 37.7.